The van der Waals surface area contributed by atoms with Crippen LogP contribution in [-0.4, -0.2) is 35.4 Å². The van der Waals surface area contributed by atoms with E-state index in [0.717, 1.165) is 27.6 Å². The van der Waals surface area contributed by atoms with Gasteiger partial charge in [-0.1, -0.05) is 78.9 Å². The number of carbonyl (C=O) groups excluding carboxylic acids is 3. The number of alkyl carbamates (subject to hydrolysis) is 1. The van der Waals surface area contributed by atoms with Crippen LogP contribution in [0.1, 0.15) is 16.7 Å². The summed E-state index contributed by atoms with van der Waals surface area (Å²) in [6.45, 7) is 0.0872. The van der Waals surface area contributed by atoms with Crippen LogP contribution in [-0.2, 0) is 33.8 Å². The van der Waals surface area contributed by atoms with E-state index in [1.165, 1.54) is 0 Å². The number of aromatic nitrogens is 1. The topological polar surface area (TPSA) is 100 Å². The third kappa shape index (κ3) is 6.57. The Balaban J connectivity index is 1.43. The third-order valence-electron chi connectivity index (χ3n) is 5.71. The fourth-order valence-corrected chi connectivity index (χ4v) is 3.92. The third-order valence-corrected chi connectivity index (χ3v) is 5.71. The van der Waals surface area contributed by atoms with Gasteiger partial charge in [0.25, 0.3) is 0 Å². The summed E-state index contributed by atoms with van der Waals surface area (Å²) in [6, 6.07) is 24.8. The molecule has 0 aliphatic rings. The summed E-state index contributed by atoms with van der Waals surface area (Å²) in [7, 11) is 0. The molecule has 0 fully saturated rings. The van der Waals surface area contributed by atoms with Crippen molar-refractivity contribution < 1.29 is 19.1 Å². The number of benzene rings is 3. The highest BCUT2D eigenvalue weighted by molar-refractivity contribution is 5.88. The number of fused-ring (bicyclic) bond motifs is 1. The lowest BCUT2D eigenvalue weighted by Crippen LogP contribution is -2.51. The SMILES string of the molecule is O=C[C@H](Cc1c[nH]c2ccccc12)NC(=O)[C@H](Cc1ccccc1)NC(=O)OCc1ccccc1. The highest BCUT2D eigenvalue weighted by atomic mass is 16.5. The van der Waals surface area contributed by atoms with E-state index in [2.05, 4.69) is 15.6 Å². The molecule has 4 rings (SSSR count). The first kappa shape index (κ1) is 23.8. The number of ether oxygens (including phenoxy) is 1. The Kier molecular flexibility index (Phi) is 7.91. The molecule has 0 saturated heterocycles. The van der Waals surface area contributed by atoms with Crippen LogP contribution in [0.3, 0.4) is 0 Å². The van der Waals surface area contributed by atoms with Crippen molar-refractivity contribution in [1.29, 1.82) is 0 Å². The number of nitrogens with one attached hydrogen (secondary N) is 3. The van der Waals surface area contributed by atoms with E-state index in [9.17, 15) is 14.4 Å². The molecule has 0 bridgehead atoms. The number of aromatic amines is 1. The molecule has 3 N–H and O–H groups in total. The van der Waals surface area contributed by atoms with Crippen molar-refractivity contribution in [2.45, 2.75) is 31.5 Å². The Labute approximate surface area is 203 Å². The summed E-state index contributed by atoms with van der Waals surface area (Å²) in [5.41, 5.74) is 3.60. The maximum absolute atomic E-state index is 13.2. The van der Waals surface area contributed by atoms with E-state index in [1.807, 2.05) is 91.1 Å². The molecule has 35 heavy (non-hydrogen) atoms. The monoisotopic (exact) mass is 469 g/mol. The maximum atomic E-state index is 13.2. The molecule has 0 spiro atoms. The standard InChI is InChI=1S/C28H27N3O4/c32-18-23(16-22-17-29-25-14-8-7-13-24(22)25)30-27(33)26(15-20-9-3-1-4-10-20)31-28(34)35-19-21-11-5-2-6-12-21/h1-14,17-18,23,26,29H,15-16,19H2,(H,30,33)(H,31,34)/t23-,26-/m0/s1. The second-order valence-corrected chi connectivity index (χ2v) is 8.26. The van der Waals surface area contributed by atoms with Gasteiger partial charge in [-0.15, -0.1) is 0 Å². The summed E-state index contributed by atoms with van der Waals surface area (Å²) in [5.74, 6) is -0.456. The predicted octanol–water partition coefficient (Wildman–Crippen LogP) is 3.93. The predicted molar refractivity (Wildman–Crippen MR) is 134 cm³/mol. The van der Waals surface area contributed by atoms with Crippen LogP contribution in [0.5, 0.6) is 0 Å². The van der Waals surface area contributed by atoms with Gasteiger partial charge in [-0.25, -0.2) is 4.79 Å². The number of hydrogen-bond acceptors (Lipinski definition) is 4. The van der Waals surface area contributed by atoms with Crippen LogP contribution in [0, 0.1) is 0 Å². The average molecular weight is 470 g/mol. The van der Waals surface area contributed by atoms with Gasteiger partial charge in [-0.2, -0.15) is 0 Å². The van der Waals surface area contributed by atoms with Gasteiger partial charge in [0, 0.05) is 29.9 Å². The Morgan fingerprint density at radius 2 is 1.49 bits per heavy atom. The quantitative estimate of drug-likeness (QED) is 0.306. The first-order valence-electron chi connectivity index (χ1n) is 11.4. The van der Waals surface area contributed by atoms with Crippen LogP contribution >= 0.6 is 0 Å². The summed E-state index contributed by atoms with van der Waals surface area (Å²) < 4.78 is 5.31. The molecule has 7 nitrogen and oxygen atoms in total. The van der Waals surface area contributed by atoms with Crippen LogP contribution < -0.4 is 10.6 Å². The second kappa shape index (κ2) is 11.7. The first-order chi connectivity index (χ1) is 17.1. The fraction of sp³-hybridized carbons (Fsp3) is 0.179. The zero-order chi connectivity index (χ0) is 24.5. The van der Waals surface area contributed by atoms with Gasteiger partial charge in [0.2, 0.25) is 5.91 Å². The molecule has 1 aromatic heterocycles. The molecule has 0 aliphatic carbocycles. The number of amides is 2. The molecule has 4 aromatic rings. The number of hydrogen-bond donors (Lipinski definition) is 3. The zero-order valence-electron chi connectivity index (χ0n) is 19.1. The molecular weight excluding hydrogens is 442 g/mol. The normalized spacial score (nSPS) is 12.5. The van der Waals surface area contributed by atoms with E-state index in [4.69, 9.17) is 4.74 Å². The molecule has 2 atom stereocenters. The van der Waals surface area contributed by atoms with E-state index in [1.54, 1.807) is 0 Å². The largest absolute Gasteiger partial charge is 0.445 e. The summed E-state index contributed by atoms with van der Waals surface area (Å²) in [4.78, 5) is 40.7. The first-order valence-corrected chi connectivity index (χ1v) is 11.4. The Bertz CT molecular complexity index is 1270. The van der Waals surface area contributed by atoms with E-state index < -0.39 is 24.1 Å². The number of H-pyrrole nitrogens is 1. The minimum Gasteiger partial charge on any atom is -0.445 e. The van der Waals surface area contributed by atoms with Gasteiger partial charge < -0.3 is 25.1 Å². The molecular formula is C28H27N3O4. The van der Waals surface area contributed by atoms with Crippen molar-refractivity contribution in [2.24, 2.45) is 0 Å². The minimum atomic E-state index is -0.911. The average Bonchev–Trinajstić information content (AvgIpc) is 3.30. The molecule has 0 unspecified atom stereocenters. The molecule has 0 radical (unpaired) electrons. The number of rotatable bonds is 10. The molecule has 0 aliphatic heterocycles. The summed E-state index contributed by atoms with van der Waals surface area (Å²) in [6.07, 6.45) is 2.44. The summed E-state index contributed by atoms with van der Waals surface area (Å²) in [5, 5.41) is 6.43. The molecule has 0 saturated carbocycles. The van der Waals surface area contributed by atoms with E-state index in [-0.39, 0.29) is 13.0 Å². The Morgan fingerprint density at radius 3 is 2.20 bits per heavy atom. The number of carbonyl (C=O) groups is 3. The van der Waals surface area contributed by atoms with Crippen LogP contribution in [0.25, 0.3) is 10.9 Å². The van der Waals surface area contributed by atoms with E-state index in [0.29, 0.717) is 12.7 Å². The van der Waals surface area contributed by atoms with Gasteiger partial charge >= 0.3 is 6.09 Å². The van der Waals surface area contributed by atoms with Gasteiger partial charge in [-0.3, -0.25) is 4.79 Å². The Morgan fingerprint density at radius 1 is 0.829 bits per heavy atom. The number of para-hydroxylation sites is 1. The highest BCUT2D eigenvalue weighted by Gasteiger charge is 2.25. The van der Waals surface area contributed by atoms with Gasteiger partial charge in [-0.05, 0) is 22.8 Å². The number of aldehydes is 1. The van der Waals surface area contributed by atoms with Crippen LogP contribution in [0.2, 0.25) is 0 Å². The van der Waals surface area contributed by atoms with Crippen molar-refractivity contribution in [2.75, 3.05) is 0 Å². The van der Waals surface area contributed by atoms with Crippen molar-refractivity contribution in [3.05, 3.63) is 108 Å². The molecule has 7 heteroatoms. The fourth-order valence-electron chi connectivity index (χ4n) is 3.92. The van der Waals surface area contributed by atoms with Crippen LogP contribution in [0.4, 0.5) is 4.79 Å². The summed E-state index contributed by atoms with van der Waals surface area (Å²) >= 11 is 0. The molecule has 3 aromatic carbocycles. The molecule has 178 valence electrons. The lowest BCUT2D eigenvalue weighted by molar-refractivity contribution is -0.125. The van der Waals surface area contributed by atoms with Gasteiger partial charge in [0.15, 0.2) is 0 Å². The minimum absolute atomic E-state index is 0.0872. The second-order valence-electron chi connectivity index (χ2n) is 8.26. The van der Waals surface area contributed by atoms with Gasteiger partial charge in [0.05, 0.1) is 6.04 Å². The van der Waals surface area contributed by atoms with Crippen molar-refractivity contribution in [3.8, 4) is 0 Å². The van der Waals surface area contributed by atoms with Crippen molar-refractivity contribution >= 4 is 29.2 Å². The molecule has 1 heterocycles. The zero-order valence-corrected chi connectivity index (χ0v) is 19.1. The van der Waals surface area contributed by atoms with Crippen molar-refractivity contribution in [1.82, 2.24) is 15.6 Å². The van der Waals surface area contributed by atoms with Gasteiger partial charge in [0.1, 0.15) is 18.9 Å². The van der Waals surface area contributed by atoms with Crippen LogP contribution in [0.15, 0.2) is 91.1 Å². The van der Waals surface area contributed by atoms with E-state index >= 15 is 0 Å². The lowest BCUT2D eigenvalue weighted by atomic mass is 10.0. The van der Waals surface area contributed by atoms with Crippen molar-refractivity contribution in [3.63, 3.8) is 0 Å². The Hall–Kier alpha value is -4.39. The smallest absolute Gasteiger partial charge is 0.408 e. The maximum Gasteiger partial charge on any atom is 0.408 e. The lowest BCUT2D eigenvalue weighted by Gasteiger charge is -2.21. The highest BCUT2D eigenvalue weighted by Crippen LogP contribution is 2.19. The molecule has 2 amide bonds.